The first kappa shape index (κ1) is 16.4. The van der Waals surface area contributed by atoms with E-state index in [-0.39, 0.29) is 5.91 Å². The van der Waals surface area contributed by atoms with Crippen LogP contribution >= 0.6 is 22.9 Å². The predicted octanol–water partition coefficient (Wildman–Crippen LogP) is 3.44. The zero-order valence-corrected chi connectivity index (χ0v) is 14.4. The van der Waals surface area contributed by atoms with E-state index in [1.165, 1.54) is 4.88 Å². The Bertz CT molecular complexity index is 639. The van der Waals surface area contributed by atoms with Gasteiger partial charge in [0.25, 0.3) is 5.91 Å². The van der Waals surface area contributed by atoms with Crippen molar-refractivity contribution in [1.29, 1.82) is 0 Å². The minimum Gasteiger partial charge on any atom is -0.350 e. The fraction of sp³-hybridized carbons (Fsp3) is 0.412. The number of likely N-dealkylation sites (tertiary alicyclic amines) is 1. The smallest absolute Gasteiger partial charge is 0.269 e. The van der Waals surface area contributed by atoms with Gasteiger partial charge in [-0.1, -0.05) is 17.7 Å². The highest BCUT2D eigenvalue weighted by Gasteiger charge is 2.20. The summed E-state index contributed by atoms with van der Waals surface area (Å²) in [6.45, 7) is 3.94. The molecular weight excluding hydrogens is 330 g/mol. The Morgan fingerprint density at radius 3 is 2.91 bits per heavy atom. The lowest BCUT2D eigenvalue weighted by Crippen LogP contribution is -2.38. The first-order valence-electron chi connectivity index (χ1n) is 7.85. The van der Waals surface area contributed by atoms with Gasteiger partial charge in [-0.2, -0.15) is 0 Å². The number of halogens is 1. The summed E-state index contributed by atoms with van der Waals surface area (Å²) >= 11 is 7.70. The SMILES string of the molecule is O=C(NCC1CCN(Cc2cccs2)CC1)c1cc(Cl)ccn1. The van der Waals surface area contributed by atoms with Crippen LogP contribution in [0.2, 0.25) is 5.02 Å². The summed E-state index contributed by atoms with van der Waals surface area (Å²) in [5.41, 5.74) is 0.382. The lowest BCUT2D eigenvalue weighted by molar-refractivity contribution is 0.0930. The maximum atomic E-state index is 12.1. The molecule has 122 valence electrons. The van der Waals surface area contributed by atoms with E-state index in [0.29, 0.717) is 23.2 Å². The van der Waals surface area contributed by atoms with Crippen LogP contribution in [-0.4, -0.2) is 35.4 Å². The summed E-state index contributed by atoms with van der Waals surface area (Å²) in [5, 5.41) is 5.64. The standard InChI is InChI=1S/C17H20ClN3OS/c18-14-3-6-19-16(10-14)17(22)20-11-13-4-7-21(8-5-13)12-15-2-1-9-23-15/h1-3,6,9-10,13H,4-5,7-8,11-12H2,(H,20,22). The molecule has 23 heavy (non-hydrogen) atoms. The van der Waals surface area contributed by atoms with Gasteiger partial charge >= 0.3 is 0 Å². The first-order chi connectivity index (χ1) is 11.2. The van der Waals surface area contributed by atoms with Gasteiger partial charge in [0.2, 0.25) is 0 Å². The fourth-order valence-electron chi connectivity index (χ4n) is 2.83. The van der Waals surface area contributed by atoms with Gasteiger partial charge in [0.1, 0.15) is 5.69 Å². The molecule has 0 aromatic carbocycles. The lowest BCUT2D eigenvalue weighted by atomic mass is 9.96. The van der Waals surface area contributed by atoms with Crippen LogP contribution in [0.3, 0.4) is 0 Å². The van der Waals surface area contributed by atoms with Crippen molar-refractivity contribution in [2.24, 2.45) is 5.92 Å². The highest BCUT2D eigenvalue weighted by molar-refractivity contribution is 7.09. The van der Waals surface area contributed by atoms with Crippen molar-refractivity contribution in [3.05, 3.63) is 51.4 Å². The van der Waals surface area contributed by atoms with Gasteiger partial charge in [-0.25, -0.2) is 0 Å². The summed E-state index contributed by atoms with van der Waals surface area (Å²) in [7, 11) is 0. The quantitative estimate of drug-likeness (QED) is 0.899. The van der Waals surface area contributed by atoms with Crippen LogP contribution in [0, 0.1) is 5.92 Å². The van der Waals surface area contributed by atoms with Gasteiger partial charge in [0.05, 0.1) is 0 Å². The van der Waals surface area contributed by atoms with Gasteiger partial charge < -0.3 is 5.32 Å². The summed E-state index contributed by atoms with van der Waals surface area (Å²) in [6, 6.07) is 7.56. The van der Waals surface area contributed by atoms with Gasteiger partial charge in [0.15, 0.2) is 0 Å². The molecule has 0 unspecified atom stereocenters. The van der Waals surface area contributed by atoms with Crippen molar-refractivity contribution in [2.45, 2.75) is 19.4 Å². The molecule has 1 fully saturated rings. The Kier molecular flexibility index (Phi) is 5.65. The number of carbonyl (C=O) groups is 1. The fourth-order valence-corrected chi connectivity index (χ4v) is 3.73. The second-order valence-corrected chi connectivity index (χ2v) is 7.34. The predicted molar refractivity (Wildman–Crippen MR) is 93.9 cm³/mol. The Morgan fingerprint density at radius 2 is 2.22 bits per heavy atom. The van der Waals surface area contributed by atoms with Crippen molar-refractivity contribution in [3.8, 4) is 0 Å². The van der Waals surface area contributed by atoms with Crippen molar-refractivity contribution in [1.82, 2.24) is 15.2 Å². The van der Waals surface area contributed by atoms with Gasteiger partial charge in [-0.3, -0.25) is 14.7 Å². The molecule has 0 atom stereocenters. The largest absolute Gasteiger partial charge is 0.350 e. The van der Waals surface area contributed by atoms with Crippen molar-refractivity contribution in [2.75, 3.05) is 19.6 Å². The molecule has 2 aromatic rings. The van der Waals surface area contributed by atoms with Crippen LogP contribution in [0.4, 0.5) is 0 Å². The molecule has 4 nitrogen and oxygen atoms in total. The molecule has 6 heteroatoms. The van der Waals surface area contributed by atoms with Crippen LogP contribution in [0.1, 0.15) is 28.2 Å². The molecule has 0 bridgehead atoms. The highest BCUT2D eigenvalue weighted by Crippen LogP contribution is 2.20. The van der Waals surface area contributed by atoms with E-state index < -0.39 is 0 Å². The van der Waals surface area contributed by atoms with E-state index in [1.54, 1.807) is 18.3 Å². The maximum Gasteiger partial charge on any atom is 0.269 e. The monoisotopic (exact) mass is 349 g/mol. The topological polar surface area (TPSA) is 45.2 Å². The Morgan fingerprint density at radius 1 is 1.39 bits per heavy atom. The molecule has 0 radical (unpaired) electrons. The molecule has 0 saturated carbocycles. The molecule has 2 aromatic heterocycles. The van der Waals surface area contributed by atoms with Gasteiger partial charge in [0, 0.05) is 29.2 Å². The molecule has 1 aliphatic rings. The number of rotatable bonds is 5. The van der Waals surface area contributed by atoms with Crippen LogP contribution in [0.25, 0.3) is 0 Å². The van der Waals surface area contributed by atoms with Crippen molar-refractivity contribution >= 4 is 28.8 Å². The molecule has 0 aliphatic carbocycles. The summed E-state index contributed by atoms with van der Waals surface area (Å²) < 4.78 is 0. The average Bonchev–Trinajstić information content (AvgIpc) is 3.07. The number of pyridine rings is 1. The van der Waals surface area contributed by atoms with Crippen LogP contribution in [0.5, 0.6) is 0 Å². The van der Waals surface area contributed by atoms with E-state index in [4.69, 9.17) is 11.6 Å². The van der Waals surface area contributed by atoms with E-state index in [9.17, 15) is 4.79 Å². The number of amides is 1. The second-order valence-electron chi connectivity index (χ2n) is 5.87. The Labute approximate surface area is 145 Å². The van der Waals surface area contributed by atoms with Crippen LogP contribution in [0.15, 0.2) is 35.8 Å². The molecule has 3 heterocycles. The van der Waals surface area contributed by atoms with E-state index in [1.807, 2.05) is 11.3 Å². The number of piperidine rings is 1. The maximum absolute atomic E-state index is 12.1. The zero-order valence-electron chi connectivity index (χ0n) is 12.9. The van der Waals surface area contributed by atoms with Gasteiger partial charge in [-0.05, 0) is 55.4 Å². The third kappa shape index (κ3) is 4.77. The summed E-state index contributed by atoms with van der Waals surface area (Å²) in [6.07, 6.45) is 3.80. The van der Waals surface area contributed by atoms with Crippen LogP contribution in [-0.2, 0) is 6.54 Å². The zero-order chi connectivity index (χ0) is 16.1. The van der Waals surface area contributed by atoms with E-state index in [2.05, 4.69) is 32.7 Å². The minimum absolute atomic E-state index is 0.145. The van der Waals surface area contributed by atoms with E-state index >= 15 is 0 Å². The van der Waals surface area contributed by atoms with Crippen LogP contribution < -0.4 is 5.32 Å². The van der Waals surface area contributed by atoms with Crippen molar-refractivity contribution in [3.63, 3.8) is 0 Å². The molecule has 1 aliphatic heterocycles. The average molecular weight is 350 g/mol. The minimum atomic E-state index is -0.145. The molecule has 0 spiro atoms. The third-order valence-electron chi connectivity index (χ3n) is 4.17. The normalized spacial score (nSPS) is 16.4. The first-order valence-corrected chi connectivity index (χ1v) is 9.11. The Balaban J connectivity index is 1.41. The van der Waals surface area contributed by atoms with Gasteiger partial charge in [-0.15, -0.1) is 11.3 Å². The molecule has 1 amide bonds. The number of hydrogen-bond donors (Lipinski definition) is 1. The lowest BCUT2D eigenvalue weighted by Gasteiger charge is -2.31. The summed E-state index contributed by atoms with van der Waals surface area (Å²) in [4.78, 5) is 20.0. The second kappa shape index (κ2) is 7.90. The van der Waals surface area contributed by atoms with Crippen molar-refractivity contribution < 1.29 is 4.79 Å². The Hall–Kier alpha value is -1.43. The third-order valence-corrected chi connectivity index (χ3v) is 5.27. The van der Waals surface area contributed by atoms with E-state index in [0.717, 1.165) is 32.5 Å². The molecular formula is C17H20ClN3OS. The summed E-state index contributed by atoms with van der Waals surface area (Å²) in [5.74, 6) is 0.395. The number of nitrogens with one attached hydrogen (secondary N) is 1. The number of nitrogens with zero attached hydrogens (tertiary/aromatic N) is 2. The molecule has 1 N–H and O–H groups in total. The number of aromatic nitrogens is 1. The number of carbonyl (C=O) groups excluding carboxylic acids is 1. The molecule has 3 rings (SSSR count). The molecule has 1 saturated heterocycles. The number of thiophene rings is 1. The highest BCUT2D eigenvalue weighted by atomic mass is 35.5. The number of hydrogen-bond acceptors (Lipinski definition) is 4.